The quantitative estimate of drug-likeness (QED) is 0.749. The fourth-order valence-corrected chi connectivity index (χ4v) is 5.34. The van der Waals surface area contributed by atoms with Crippen LogP contribution in [0.25, 0.3) is 0 Å². The fourth-order valence-electron chi connectivity index (χ4n) is 2.18. The van der Waals surface area contributed by atoms with Crippen molar-refractivity contribution in [3.05, 3.63) is 15.8 Å². The standard InChI is InChI=1S/C14H26N2O2S2/c1-5-6-7-8-16(11(2)3)20(17,18)14-9-13(10-15)19-12(14)4/h9,11H,5-8,10,15H2,1-4H3. The summed E-state index contributed by atoms with van der Waals surface area (Å²) in [5.74, 6) is 0. The van der Waals surface area contributed by atoms with Crippen molar-refractivity contribution in [1.82, 2.24) is 4.31 Å². The highest BCUT2D eigenvalue weighted by Crippen LogP contribution is 2.29. The summed E-state index contributed by atoms with van der Waals surface area (Å²) in [5.41, 5.74) is 5.61. The first-order valence-corrected chi connectivity index (χ1v) is 9.41. The number of unbranched alkanes of at least 4 members (excludes halogenated alkanes) is 2. The maximum atomic E-state index is 12.8. The monoisotopic (exact) mass is 318 g/mol. The van der Waals surface area contributed by atoms with Crippen molar-refractivity contribution in [2.24, 2.45) is 5.73 Å². The van der Waals surface area contributed by atoms with Crippen molar-refractivity contribution >= 4 is 21.4 Å². The average molecular weight is 319 g/mol. The second-order valence-electron chi connectivity index (χ2n) is 5.25. The van der Waals surface area contributed by atoms with Crippen molar-refractivity contribution in [3.63, 3.8) is 0 Å². The molecule has 0 aliphatic heterocycles. The number of sulfonamides is 1. The number of hydrogen-bond donors (Lipinski definition) is 1. The summed E-state index contributed by atoms with van der Waals surface area (Å²) in [6.07, 6.45) is 3.04. The number of nitrogens with two attached hydrogens (primary N) is 1. The van der Waals surface area contributed by atoms with Crippen LogP contribution in [-0.2, 0) is 16.6 Å². The summed E-state index contributed by atoms with van der Waals surface area (Å²) < 4.78 is 27.2. The second kappa shape index (κ2) is 7.54. The van der Waals surface area contributed by atoms with Crippen LogP contribution < -0.4 is 5.73 Å². The molecule has 6 heteroatoms. The van der Waals surface area contributed by atoms with Crippen molar-refractivity contribution in [2.75, 3.05) is 6.54 Å². The molecule has 2 N–H and O–H groups in total. The first kappa shape index (κ1) is 17.6. The lowest BCUT2D eigenvalue weighted by atomic mass is 10.2. The molecule has 1 aromatic heterocycles. The van der Waals surface area contributed by atoms with E-state index in [1.807, 2.05) is 20.8 Å². The van der Waals surface area contributed by atoms with Gasteiger partial charge in [0.15, 0.2) is 0 Å². The van der Waals surface area contributed by atoms with E-state index < -0.39 is 10.0 Å². The summed E-state index contributed by atoms with van der Waals surface area (Å²) in [4.78, 5) is 2.16. The Bertz CT molecular complexity index is 521. The minimum absolute atomic E-state index is 0.0301. The lowest BCUT2D eigenvalue weighted by Crippen LogP contribution is -2.37. The third kappa shape index (κ3) is 4.04. The van der Waals surface area contributed by atoms with Gasteiger partial charge in [0.05, 0.1) is 4.90 Å². The second-order valence-corrected chi connectivity index (χ2v) is 8.45. The highest BCUT2D eigenvalue weighted by atomic mass is 32.2. The molecule has 0 fully saturated rings. The van der Waals surface area contributed by atoms with E-state index in [1.165, 1.54) is 11.3 Å². The lowest BCUT2D eigenvalue weighted by molar-refractivity contribution is 0.345. The van der Waals surface area contributed by atoms with Gasteiger partial charge in [0.25, 0.3) is 0 Å². The molecular weight excluding hydrogens is 292 g/mol. The summed E-state index contributed by atoms with van der Waals surface area (Å²) in [5, 5.41) is 0. The molecule has 0 aromatic carbocycles. The van der Waals surface area contributed by atoms with Crippen LogP contribution in [0.3, 0.4) is 0 Å². The van der Waals surface area contributed by atoms with Crippen LogP contribution in [0.5, 0.6) is 0 Å². The Morgan fingerprint density at radius 2 is 2.00 bits per heavy atom. The van der Waals surface area contributed by atoms with Crippen molar-refractivity contribution in [2.45, 2.75) is 64.4 Å². The summed E-state index contributed by atoms with van der Waals surface area (Å²) >= 11 is 1.47. The number of aryl methyl sites for hydroxylation is 1. The van der Waals surface area contributed by atoms with Crippen molar-refractivity contribution in [3.8, 4) is 0 Å². The molecule has 0 unspecified atom stereocenters. The Balaban J connectivity index is 3.06. The first-order chi connectivity index (χ1) is 9.34. The van der Waals surface area contributed by atoms with E-state index in [0.717, 1.165) is 29.0 Å². The topological polar surface area (TPSA) is 63.4 Å². The van der Waals surface area contributed by atoms with Crippen LogP contribution >= 0.6 is 11.3 Å². The van der Waals surface area contributed by atoms with E-state index in [2.05, 4.69) is 6.92 Å². The van der Waals surface area contributed by atoms with E-state index in [-0.39, 0.29) is 6.04 Å². The fraction of sp³-hybridized carbons (Fsp3) is 0.714. The zero-order valence-electron chi connectivity index (χ0n) is 12.8. The van der Waals surface area contributed by atoms with Crippen LogP contribution in [0.1, 0.15) is 49.8 Å². The van der Waals surface area contributed by atoms with E-state index in [1.54, 1.807) is 10.4 Å². The average Bonchev–Trinajstić information content (AvgIpc) is 2.76. The molecule has 1 heterocycles. The molecule has 0 aliphatic rings. The van der Waals surface area contributed by atoms with Gasteiger partial charge in [0.1, 0.15) is 0 Å². The minimum atomic E-state index is -3.41. The maximum Gasteiger partial charge on any atom is 0.244 e. The molecule has 0 amide bonds. The summed E-state index contributed by atoms with van der Waals surface area (Å²) in [7, 11) is -3.41. The molecule has 1 aromatic rings. The molecule has 0 saturated carbocycles. The van der Waals surface area contributed by atoms with E-state index in [9.17, 15) is 8.42 Å². The molecule has 0 radical (unpaired) electrons. The predicted octanol–water partition coefficient (Wildman–Crippen LogP) is 3.10. The van der Waals surface area contributed by atoms with Gasteiger partial charge in [-0.1, -0.05) is 19.8 Å². The van der Waals surface area contributed by atoms with Crippen molar-refractivity contribution in [1.29, 1.82) is 0 Å². The van der Waals surface area contributed by atoms with Gasteiger partial charge < -0.3 is 5.73 Å². The summed E-state index contributed by atoms with van der Waals surface area (Å²) in [6.45, 7) is 8.79. The van der Waals surface area contributed by atoms with E-state index in [0.29, 0.717) is 18.0 Å². The molecule has 0 spiro atoms. The van der Waals surface area contributed by atoms with Crippen LogP contribution in [0.4, 0.5) is 0 Å². The Hall–Kier alpha value is -0.430. The zero-order valence-corrected chi connectivity index (χ0v) is 14.5. The van der Waals surface area contributed by atoms with E-state index in [4.69, 9.17) is 5.73 Å². The molecule has 1 rings (SSSR count). The smallest absolute Gasteiger partial charge is 0.244 e. The molecule has 0 aliphatic carbocycles. The minimum Gasteiger partial charge on any atom is -0.326 e. The number of hydrogen-bond acceptors (Lipinski definition) is 4. The number of thiophene rings is 1. The Labute approximate surface area is 127 Å². The van der Waals surface area contributed by atoms with Gasteiger partial charge in [-0.2, -0.15) is 4.31 Å². The number of nitrogens with zero attached hydrogens (tertiary/aromatic N) is 1. The number of rotatable bonds is 8. The predicted molar refractivity (Wildman–Crippen MR) is 85.5 cm³/mol. The van der Waals surface area contributed by atoms with Gasteiger partial charge in [0.2, 0.25) is 10.0 Å². The zero-order chi connectivity index (χ0) is 15.3. The van der Waals surface area contributed by atoms with Crippen LogP contribution in [0.15, 0.2) is 11.0 Å². The third-order valence-electron chi connectivity index (χ3n) is 3.27. The first-order valence-electron chi connectivity index (χ1n) is 7.15. The molecule has 116 valence electrons. The largest absolute Gasteiger partial charge is 0.326 e. The Morgan fingerprint density at radius 1 is 1.35 bits per heavy atom. The maximum absolute atomic E-state index is 12.8. The van der Waals surface area contributed by atoms with Gasteiger partial charge in [-0.3, -0.25) is 0 Å². The van der Waals surface area contributed by atoms with Crippen molar-refractivity contribution < 1.29 is 8.42 Å². The molecular formula is C14H26N2O2S2. The Morgan fingerprint density at radius 3 is 2.45 bits per heavy atom. The normalized spacial score (nSPS) is 12.6. The van der Waals surface area contributed by atoms with Crippen LogP contribution in [-0.4, -0.2) is 25.3 Å². The molecule has 0 atom stereocenters. The highest BCUT2D eigenvalue weighted by Gasteiger charge is 2.29. The van der Waals surface area contributed by atoms with Gasteiger partial charge >= 0.3 is 0 Å². The lowest BCUT2D eigenvalue weighted by Gasteiger charge is -2.25. The molecule has 0 saturated heterocycles. The van der Waals surface area contributed by atoms with Gasteiger partial charge in [-0.05, 0) is 33.3 Å². The molecule has 4 nitrogen and oxygen atoms in total. The van der Waals surface area contributed by atoms with Gasteiger partial charge in [0, 0.05) is 28.9 Å². The Kier molecular flexibility index (Phi) is 6.64. The highest BCUT2D eigenvalue weighted by molar-refractivity contribution is 7.89. The van der Waals surface area contributed by atoms with Gasteiger partial charge in [-0.25, -0.2) is 8.42 Å². The summed E-state index contributed by atoms with van der Waals surface area (Å²) in [6, 6.07) is 1.70. The molecule has 20 heavy (non-hydrogen) atoms. The van der Waals surface area contributed by atoms with Crippen LogP contribution in [0.2, 0.25) is 0 Å². The SMILES string of the molecule is CCCCCN(C(C)C)S(=O)(=O)c1cc(CN)sc1C. The molecule has 0 bridgehead atoms. The third-order valence-corrected chi connectivity index (χ3v) is 6.67. The van der Waals surface area contributed by atoms with Crippen LogP contribution in [0, 0.1) is 6.92 Å². The van der Waals surface area contributed by atoms with E-state index >= 15 is 0 Å². The van der Waals surface area contributed by atoms with Gasteiger partial charge in [-0.15, -0.1) is 11.3 Å².